The molecule has 0 aliphatic rings. The molecule has 1 unspecified atom stereocenters. The molecule has 0 aliphatic heterocycles. The van der Waals surface area contributed by atoms with Gasteiger partial charge in [0.2, 0.25) is 0 Å². The fraction of sp³-hybridized carbons (Fsp3) is 0.357. The number of hydrazine groups is 1. The van der Waals surface area contributed by atoms with E-state index >= 15 is 0 Å². The third-order valence-corrected chi connectivity index (χ3v) is 3.36. The van der Waals surface area contributed by atoms with Crippen LogP contribution in [0.2, 0.25) is 0 Å². The Morgan fingerprint density at radius 3 is 2.50 bits per heavy atom. The van der Waals surface area contributed by atoms with Crippen LogP contribution in [0.15, 0.2) is 24.4 Å². The quantitative estimate of drug-likeness (QED) is 0.636. The molecule has 2 aromatic rings. The molecule has 0 saturated carbocycles. The van der Waals surface area contributed by atoms with Gasteiger partial charge >= 0.3 is 0 Å². The highest BCUT2D eigenvalue weighted by Crippen LogP contribution is 2.31. The Kier molecular flexibility index (Phi) is 4.26. The van der Waals surface area contributed by atoms with Gasteiger partial charge in [0.05, 0.1) is 26.5 Å². The molecule has 6 nitrogen and oxygen atoms in total. The molecule has 6 heteroatoms. The van der Waals surface area contributed by atoms with Gasteiger partial charge in [0.25, 0.3) is 0 Å². The van der Waals surface area contributed by atoms with E-state index in [1.807, 2.05) is 32.2 Å². The highest BCUT2D eigenvalue weighted by molar-refractivity contribution is 5.42. The van der Waals surface area contributed by atoms with Crippen molar-refractivity contribution in [3.63, 3.8) is 0 Å². The van der Waals surface area contributed by atoms with Gasteiger partial charge < -0.3 is 9.47 Å². The maximum atomic E-state index is 5.73. The molecule has 0 fully saturated rings. The Bertz CT molecular complexity index is 595. The molecule has 108 valence electrons. The Hall–Kier alpha value is -2.05. The number of nitrogens with two attached hydrogens (primary N) is 1. The van der Waals surface area contributed by atoms with E-state index in [4.69, 9.17) is 15.3 Å². The van der Waals surface area contributed by atoms with Crippen molar-refractivity contribution in [2.75, 3.05) is 14.2 Å². The topological polar surface area (TPSA) is 74.3 Å². The normalized spacial score (nSPS) is 12.2. The van der Waals surface area contributed by atoms with Gasteiger partial charge in [-0.05, 0) is 24.1 Å². The van der Waals surface area contributed by atoms with Crippen molar-refractivity contribution in [3.8, 4) is 11.5 Å². The standard InChI is InChI=1S/C14H20N4O2/c1-9-7-10(5-6-11(9)19-3)13(17-15)14-12(20-4)8-16-18(14)2/h5-8,13,17H,15H2,1-4H3. The Morgan fingerprint density at radius 1 is 1.25 bits per heavy atom. The SMILES string of the molecule is COc1ccc(C(NN)c2c(OC)cnn2C)cc1C. The third kappa shape index (κ3) is 2.48. The lowest BCUT2D eigenvalue weighted by Gasteiger charge is -2.19. The molecule has 1 atom stereocenters. The van der Waals surface area contributed by atoms with Gasteiger partial charge in [-0.15, -0.1) is 0 Å². The molecule has 1 aromatic carbocycles. The van der Waals surface area contributed by atoms with Gasteiger partial charge in [-0.1, -0.05) is 12.1 Å². The number of ether oxygens (including phenoxy) is 2. The second-order valence-electron chi connectivity index (χ2n) is 4.55. The summed E-state index contributed by atoms with van der Waals surface area (Å²) in [6.07, 6.45) is 1.68. The van der Waals surface area contributed by atoms with E-state index in [1.54, 1.807) is 25.1 Å². The molecule has 20 heavy (non-hydrogen) atoms. The minimum atomic E-state index is -0.206. The maximum Gasteiger partial charge on any atom is 0.161 e. The average Bonchev–Trinajstić information content (AvgIpc) is 2.81. The largest absolute Gasteiger partial charge is 0.496 e. The Labute approximate surface area is 118 Å². The number of nitrogens with one attached hydrogen (secondary N) is 1. The fourth-order valence-electron chi connectivity index (χ4n) is 2.33. The van der Waals surface area contributed by atoms with Gasteiger partial charge in [-0.2, -0.15) is 5.10 Å². The number of aryl methyl sites for hydroxylation is 2. The van der Waals surface area contributed by atoms with Crippen LogP contribution in [0.1, 0.15) is 22.9 Å². The molecule has 3 N–H and O–H groups in total. The molecule has 0 amide bonds. The lowest BCUT2D eigenvalue weighted by atomic mass is 10.0. The minimum Gasteiger partial charge on any atom is -0.496 e. The number of methoxy groups -OCH3 is 2. The van der Waals surface area contributed by atoms with Crippen LogP contribution in [0.3, 0.4) is 0 Å². The monoisotopic (exact) mass is 276 g/mol. The lowest BCUT2D eigenvalue weighted by molar-refractivity contribution is 0.400. The van der Waals surface area contributed by atoms with Gasteiger partial charge in [0, 0.05) is 7.05 Å². The molecule has 0 bridgehead atoms. The van der Waals surface area contributed by atoms with E-state index < -0.39 is 0 Å². The highest BCUT2D eigenvalue weighted by atomic mass is 16.5. The van der Waals surface area contributed by atoms with Crippen molar-refractivity contribution >= 4 is 0 Å². The van der Waals surface area contributed by atoms with Crippen LogP contribution in [0, 0.1) is 6.92 Å². The molecular weight excluding hydrogens is 256 g/mol. The summed E-state index contributed by atoms with van der Waals surface area (Å²) in [5, 5.41) is 4.21. The summed E-state index contributed by atoms with van der Waals surface area (Å²) in [5.41, 5.74) is 5.76. The van der Waals surface area contributed by atoms with E-state index in [9.17, 15) is 0 Å². The van der Waals surface area contributed by atoms with Crippen LogP contribution in [0.4, 0.5) is 0 Å². The summed E-state index contributed by atoms with van der Waals surface area (Å²) < 4.78 is 12.4. The van der Waals surface area contributed by atoms with Crippen molar-refractivity contribution in [2.24, 2.45) is 12.9 Å². The van der Waals surface area contributed by atoms with Crippen LogP contribution >= 0.6 is 0 Å². The molecule has 1 heterocycles. The lowest BCUT2D eigenvalue weighted by Crippen LogP contribution is -2.30. The van der Waals surface area contributed by atoms with E-state index in [1.165, 1.54) is 0 Å². The number of rotatable bonds is 5. The first-order chi connectivity index (χ1) is 9.62. The smallest absolute Gasteiger partial charge is 0.161 e. The second kappa shape index (κ2) is 5.94. The van der Waals surface area contributed by atoms with Gasteiger partial charge in [-0.25, -0.2) is 5.43 Å². The van der Waals surface area contributed by atoms with E-state index in [2.05, 4.69) is 10.5 Å². The number of nitrogens with zero attached hydrogens (tertiary/aromatic N) is 2. The predicted octanol–water partition coefficient (Wildman–Crippen LogP) is 1.30. The summed E-state index contributed by atoms with van der Waals surface area (Å²) >= 11 is 0. The molecule has 1 aromatic heterocycles. The number of benzene rings is 1. The van der Waals surface area contributed by atoms with Crippen molar-refractivity contribution in [1.29, 1.82) is 0 Å². The highest BCUT2D eigenvalue weighted by Gasteiger charge is 2.22. The first-order valence-electron chi connectivity index (χ1n) is 6.29. The van der Waals surface area contributed by atoms with Crippen molar-refractivity contribution < 1.29 is 9.47 Å². The summed E-state index contributed by atoms with van der Waals surface area (Å²) in [4.78, 5) is 0. The van der Waals surface area contributed by atoms with Crippen LogP contribution < -0.4 is 20.7 Å². The van der Waals surface area contributed by atoms with Crippen molar-refractivity contribution in [3.05, 3.63) is 41.2 Å². The van der Waals surface area contributed by atoms with Crippen molar-refractivity contribution in [2.45, 2.75) is 13.0 Å². The number of hydrogen-bond donors (Lipinski definition) is 2. The van der Waals surface area contributed by atoms with E-state index in [0.717, 1.165) is 22.6 Å². The predicted molar refractivity (Wildman–Crippen MR) is 76.7 cm³/mol. The minimum absolute atomic E-state index is 0.206. The molecular formula is C14H20N4O2. The molecule has 0 saturated heterocycles. The maximum absolute atomic E-state index is 5.73. The first-order valence-corrected chi connectivity index (χ1v) is 6.29. The number of hydrogen-bond acceptors (Lipinski definition) is 5. The molecule has 0 spiro atoms. The van der Waals surface area contributed by atoms with Crippen molar-refractivity contribution in [1.82, 2.24) is 15.2 Å². The Morgan fingerprint density at radius 2 is 1.95 bits per heavy atom. The van der Waals surface area contributed by atoms with Gasteiger partial charge in [0.1, 0.15) is 11.4 Å². The van der Waals surface area contributed by atoms with Crippen LogP contribution in [0.5, 0.6) is 11.5 Å². The fourth-order valence-corrected chi connectivity index (χ4v) is 2.33. The zero-order valence-corrected chi connectivity index (χ0v) is 12.2. The average molecular weight is 276 g/mol. The molecule has 0 aliphatic carbocycles. The van der Waals surface area contributed by atoms with E-state index in [0.29, 0.717) is 5.75 Å². The number of aromatic nitrogens is 2. The molecule has 0 radical (unpaired) electrons. The van der Waals surface area contributed by atoms with Crippen LogP contribution in [0.25, 0.3) is 0 Å². The summed E-state index contributed by atoms with van der Waals surface area (Å²) in [6.45, 7) is 2.00. The second-order valence-corrected chi connectivity index (χ2v) is 4.55. The zero-order valence-electron chi connectivity index (χ0n) is 12.2. The summed E-state index contributed by atoms with van der Waals surface area (Å²) in [5.74, 6) is 7.28. The van der Waals surface area contributed by atoms with Gasteiger partial charge in [-0.3, -0.25) is 10.5 Å². The third-order valence-electron chi connectivity index (χ3n) is 3.36. The Balaban J connectivity index is 2.47. The molecule has 2 rings (SSSR count). The van der Waals surface area contributed by atoms with E-state index in [-0.39, 0.29) is 6.04 Å². The summed E-state index contributed by atoms with van der Waals surface area (Å²) in [6, 6.07) is 5.73. The zero-order chi connectivity index (χ0) is 14.7. The van der Waals surface area contributed by atoms with Crippen LogP contribution in [-0.4, -0.2) is 24.0 Å². The van der Waals surface area contributed by atoms with Crippen LogP contribution in [-0.2, 0) is 7.05 Å². The first kappa shape index (κ1) is 14.4. The van der Waals surface area contributed by atoms with Gasteiger partial charge in [0.15, 0.2) is 5.75 Å². The summed E-state index contributed by atoms with van der Waals surface area (Å²) in [7, 11) is 5.14.